The van der Waals surface area contributed by atoms with Crippen LogP contribution in [0.1, 0.15) is 57.7 Å². The van der Waals surface area contributed by atoms with Crippen LogP contribution < -0.4 is 24.0 Å². The van der Waals surface area contributed by atoms with Gasteiger partial charge in [-0.3, -0.25) is 10.8 Å². The highest BCUT2D eigenvalue weighted by Gasteiger charge is 2.51. The lowest BCUT2D eigenvalue weighted by Crippen LogP contribution is -2.49. The summed E-state index contributed by atoms with van der Waals surface area (Å²) in [6, 6.07) is 26.4. The van der Waals surface area contributed by atoms with Gasteiger partial charge in [0.25, 0.3) is 0 Å². The summed E-state index contributed by atoms with van der Waals surface area (Å²) < 4.78 is 17.8. The van der Waals surface area contributed by atoms with Crippen molar-refractivity contribution < 1.29 is 24.4 Å². The fourth-order valence-corrected chi connectivity index (χ4v) is 8.00. The normalized spacial score (nSPS) is 17.5. The Morgan fingerprint density at radius 2 is 1.37 bits per heavy atom. The molecule has 1 atom stereocenters. The van der Waals surface area contributed by atoms with Gasteiger partial charge in [-0.2, -0.15) is 0 Å². The number of nitrogens with zero attached hydrogens (tertiary/aromatic N) is 4. The first kappa shape index (κ1) is 37.2. The topological polar surface area (TPSA) is 180 Å². The Morgan fingerprint density at radius 3 is 1.93 bits per heavy atom. The molecule has 0 bridgehead atoms. The highest BCUT2D eigenvalue weighted by Crippen LogP contribution is 2.47. The largest absolute Gasteiger partial charge is 0.509 e. The van der Waals surface area contributed by atoms with E-state index in [1.807, 2.05) is 90.7 Å². The predicted molar refractivity (Wildman–Crippen MR) is 224 cm³/mol. The average Bonchev–Trinajstić information content (AvgIpc) is 3.94. The number of fused-ring (bicyclic) bond motifs is 2. The van der Waals surface area contributed by atoms with Gasteiger partial charge in [0.1, 0.15) is 57.6 Å². The number of hydrogen-bond donors (Lipinski definition) is 6. The molecule has 13 heteroatoms. The van der Waals surface area contributed by atoms with Crippen LogP contribution in [0.2, 0.25) is 0 Å². The summed E-state index contributed by atoms with van der Waals surface area (Å²) in [4.78, 5) is 19.6. The number of ether oxygens (including phenoxy) is 3. The smallest absolute Gasteiger partial charge is 0.145 e. The van der Waals surface area contributed by atoms with Gasteiger partial charge in [0.15, 0.2) is 0 Å². The van der Waals surface area contributed by atoms with Crippen LogP contribution in [-0.4, -0.2) is 74.7 Å². The van der Waals surface area contributed by atoms with Gasteiger partial charge in [-0.05, 0) is 47.7 Å². The summed E-state index contributed by atoms with van der Waals surface area (Å²) in [6.45, 7) is 8.56. The van der Waals surface area contributed by atoms with Gasteiger partial charge >= 0.3 is 0 Å². The number of anilines is 2. The quantitative estimate of drug-likeness (QED) is 0.0751. The first-order valence-corrected chi connectivity index (χ1v) is 18.9. The number of aromatic nitrogens is 4. The second-order valence-corrected chi connectivity index (χ2v) is 15.4. The lowest BCUT2D eigenvalue weighted by atomic mass is 9.85. The first-order chi connectivity index (χ1) is 27.4. The molecular weight excluding hydrogens is 721 g/mol. The SMILES string of the molecule is CCC1(CCOc2ccc(C(C)(C)C)c(N3CC(O)=C(c4nc5ccccc5[nH]4)C3=N)c2)C(O)=C(c2nc3ccccc3[nH]2)C(=N)N1c1cc(OC)cc(OC)c1. The number of methoxy groups -OCH3 is 2. The second kappa shape index (κ2) is 14.1. The Balaban J connectivity index is 1.13. The van der Waals surface area contributed by atoms with E-state index in [0.29, 0.717) is 52.2 Å². The summed E-state index contributed by atoms with van der Waals surface area (Å²) in [5, 5.41) is 42.4. The number of aliphatic hydroxyl groups is 2. The molecule has 4 heterocycles. The van der Waals surface area contributed by atoms with Gasteiger partial charge in [-0.15, -0.1) is 0 Å². The molecule has 6 aromatic rings. The minimum Gasteiger partial charge on any atom is -0.509 e. The van der Waals surface area contributed by atoms with Crippen LogP contribution >= 0.6 is 0 Å². The Kier molecular flexibility index (Phi) is 9.18. The number of imidazole rings is 2. The summed E-state index contributed by atoms with van der Waals surface area (Å²) >= 11 is 0. The number of H-pyrrole nitrogens is 2. The van der Waals surface area contributed by atoms with Gasteiger partial charge in [0, 0.05) is 30.7 Å². The molecule has 0 aliphatic carbocycles. The molecule has 8 rings (SSSR count). The van der Waals surface area contributed by atoms with Crippen molar-refractivity contribution in [2.45, 2.75) is 51.5 Å². The van der Waals surface area contributed by atoms with Crippen LogP contribution in [0, 0.1) is 10.8 Å². The van der Waals surface area contributed by atoms with Crippen LogP contribution in [0.15, 0.2) is 96.4 Å². The third kappa shape index (κ3) is 6.28. The predicted octanol–water partition coefficient (Wildman–Crippen LogP) is 8.90. The number of aliphatic hydroxyl groups excluding tert-OH is 2. The minimum atomic E-state index is -1.11. The second-order valence-electron chi connectivity index (χ2n) is 15.4. The van der Waals surface area contributed by atoms with Crippen LogP contribution in [0.3, 0.4) is 0 Å². The number of nitrogens with one attached hydrogen (secondary N) is 4. The lowest BCUT2D eigenvalue weighted by Gasteiger charge is -2.39. The molecule has 13 nitrogen and oxygen atoms in total. The third-order valence-corrected chi connectivity index (χ3v) is 11.0. The van der Waals surface area contributed by atoms with E-state index in [2.05, 4.69) is 35.7 Å². The maximum atomic E-state index is 12.3. The highest BCUT2D eigenvalue weighted by molar-refractivity contribution is 6.32. The average molecular weight is 767 g/mol. The molecule has 2 aliphatic rings. The fourth-order valence-electron chi connectivity index (χ4n) is 8.00. The summed E-state index contributed by atoms with van der Waals surface area (Å²) in [5.41, 5.74) is 4.64. The van der Waals surface area contributed by atoms with Crippen LogP contribution in [0.5, 0.6) is 17.2 Å². The molecule has 2 aliphatic heterocycles. The monoisotopic (exact) mass is 766 g/mol. The zero-order valence-electron chi connectivity index (χ0n) is 32.8. The lowest BCUT2D eigenvalue weighted by molar-refractivity contribution is 0.229. The zero-order valence-corrected chi connectivity index (χ0v) is 32.8. The van der Waals surface area contributed by atoms with Crippen molar-refractivity contribution in [3.05, 3.63) is 114 Å². The van der Waals surface area contributed by atoms with Crippen molar-refractivity contribution in [3.63, 3.8) is 0 Å². The van der Waals surface area contributed by atoms with Gasteiger partial charge in [-0.25, -0.2) is 9.97 Å². The number of hydrogen-bond acceptors (Lipinski definition) is 9. The highest BCUT2D eigenvalue weighted by atomic mass is 16.5. The fraction of sp³-hybridized carbons (Fsp3) is 0.273. The number of benzene rings is 4. The Morgan fingerprint density at radius 1 is 0.772 bits per heavy atom. The summed E-state index contributed by atoms with van der Waals surface area (Å²) in [6.07, 6.45) is 0.706. The van der Waals surface area contributed by atoms with Gasteiger partial charge in [0.2, 0.25) is 0 Å². The molecule has 0 saturated carbocycles. The Labute approximate surface area is 330 Å². The van der Waals surface area contributed by atoms with Gasteiger partial charge < -0.3 is 44.2 Å². The minimum absolute atomic E-state index is 0.00777. The van der Waals surface area contributed by atoms with Gasteiger partial charge in [0.05, 0.1) is 72.0 Å². The Hall–Kier alpha value is -6.76. The van der Waals surface area contributed by atoms with Crippen molar-refractivity contribution in [1.29, 1.82) is 10.8 Å². The third-order valence-electron chi connectivity index (χ3n) is 11.0. The number of rotatable bonds is 11. The van der Waals surface area contributed by atoms with Crippen LogP contribution in [0.25, 0.3) is 33.2 Å². The van der Waals surface area contributed by atoms with E-state index >= 15 is 0 Å². The molecule has 6 N–H and O–H groups in total. The number of aromatic amines is 2. The molecule has 2 aromatic heterocycles. The van der Waals surface area contributed by atoms with Gasteiger partial charge in [-0.1, -0.05) is 58.0 Å². The van der Waals surface area contributed by atoms with Crippen molar-refractivity contribution >= 4 is 56.3 Å². The molecule has 1 unspecified atom stereocenters. The summed E-state index contributed by atoms with van der Waals surface area (Å²) in [5.74, 6) is 2.72. The van der Waals surface area contributed by atoms with E-state index in [1.54, 1.807) is 25.2 Å². The first-order valence-electron chi connectivity index (χ1n) is 18.9. The van der Waals surface area contributed by atoms with Crippen LogP contribution in [0.4, 0.5) is 11.4 Å². The van der Waals surface area contributed by atoms with E-state index in [-0.39, 0.29) is 48.2 Å². The van der Waals surface area contributed by atoms with Crippen molar-refractivity contribution in [2.24, 2.45) is 0 Å². The van der Waals surface area contributed by atoms with Crippen LogP contribution in [-0.2, 0) is 5.41 Å². The van der Waals surface area contributed by atoms with Crippen molar-refractivity contribution in [3.8, 4) is 17.2 Å². The maximum absolute atomic E-state index is 12.3. The molecule has 0 radical (unpaired) electrons. The molecular formula is C44H46N8O5. The maximum Gasteiger partial charge on any atom is 0.145 e. The number of amidine groups is 2. The van der Waals surface area contributed by atoms with E-state index in [4.69, 9.17) is 19.2 Å². The Bertz CT molecular complexity index is 2540. The summed E-state index contributed by atoms with van der Waals surface area (Å²) in [7, 11) is 3.15. The molecule has 0 amide bonds. The molecule has 292 valence electrons. The van der Waals surface area contributed by atoms with E-state index in [0.717, 1.165) is 33.3 Å². The van der Waals surface area contributed by atoms with Crippen molar-refractivity contribution in [2.75, 3.05) is 37.2 Å². The van der Waals surface area contributed by atoms with E-state index in [9.17, 15) is 21.0 Å². The van der Waals surface area contributed by atoms with E-state index < -0.39 is 5.54 Å². The van der Waals surface area contributed by atoms with Crippen molar-refractivity contribution in [1.82, 2.24) is 19.9 Å². The molecule has 0 saturated heterocycles. The molecule has 0 spiro atoms. The molecule has 57 heavy (non-hydrogen) atoms. The number of para-hydroxylation sites is 4. The molecule has 0 fully saturated rings. The molecule has 4 aromatic carbocycles. The van der Waals surface area contributed by atoms with E-state index in [1.165, 1.54) is 0 Å². The zero-order chi connectivity index (χ0) is 40.2. The standard InChI is InChI=1S/C44H46N8O5/c1-7-44(38(54)37(42-49-32-14-10-11-15-33(32)50-42)40(46)52(44)25-20-27(55-5)22-28(21-25)56-6)18-19-57-26-16-17-29(43(2,3)4)34(23-26)51-24-35(53)36(39(51)45)41-47-30-12-8-9-13-31(30)48-41/h8-17,20-23,45-46,53-54H,7,18-19,24H2,1-6H3,(H,47,48)(H,49,50).